The van der Waals surface area contributed by atoms with Crippen molar-refractivity contribution in [2.45, 2.75) is 0 Å². The number of anilines is 2. The first-order chi connectivity index (χ1) is 15.1. The Bertz CT molecular complexity index is 1140. The van der Waals surface area contributed by atoms with Crippen LogP contribution in [0.1, 0.15) is 0 Å². The molecule has 0 bridgehead atoms. The zero-order chi connectivity index (χ0) is 21.6. The normalized spacial score (nSPS) is 14.8. The second kappa shape index (κ2) is 9.23. The van der Waals surface area contributed by atoms with Gasteiger partial charge in [0.05, 0.1) is 25.1 Å². The quantitative estimate of drug-likeness (QED) is 0.346. The highest BCUT2D eigenvalue weighted by Crippen LogP contribution is 2.25. The van der Waals surface area contributed by atoms with Crippen molar-refractivity contribution >= 4 is 23.5 Å². The SMILES string of the molecule is C=CC(/C=N/Nc1cc(N2CCOCC2)n2nc(-c3ccncc3)cc2n1)=C\C(=C)N. The molecule has 3 N–H and O–H groups in total. The fourth-order valence-corrected chi connectivity index (χ4v) is 3.23. The van der Waals surface area contributed by atoms with E-state index in [-0.39, 0.29) is 0 Å². The van der Waals surface area contributed by atoms with E-state index in [2.05, 4.69) is 38.6 Å². The van der Waals surface area contributed by atoms with Crippen LogP contribution in [0.5, 0.6) is 0 Å². The van der Waals surface area contributed by atoms with Crippen molar-refractivity contribution in [3.8, 4) is 11.3 Å². The summed E-state index contributed by atoms with van der Waals surface area (Å²) in [6.45, 7) is 10.3. The van der Waals surface area contributed by atoms with Crippen molar-refractivity contribution in [3.63, 3.8) is 0 Å². The Balaban J connectivity index is 1.70. The minimum atomic E-state index is 0.429. The summed E-state index contributed by atoms with van der Waals surface area (Å²) >= 11 is 0. The van der Waals surface area contributed by atoms with E-state index in [9.17, 15) is 0 Å². The molecule has 0 aromatic carbocycles. The van der Waals surface area contributed by atoms with Gasteiger partial charge in [-0.3, -0.25) is 10.4 Å². The number of nitrogens with one attached hydrogen (secondary N) is 1. The zero-order valence-electron chi connectivity index (χ0n) is 17.1. The number of nitrogens with zero attached hydrogens (tertiary/aromatic N) is 6. The van der Waals surface area contributed by atoms with Crippen LogP contribution in [0.3, 0.4) is 0 Å². The monoisotopic (exact) mass is 416 g/mol. The number of hydrazone groups is 1. The third-order valence-corrected chi connectivity index (χ3v) is 4.70. The molecule has 0 amide bonds. The van der Waals surface area contributed by atoms with Gasteiger partial charge in [-0.2, -0.15) is 14.7 Å². The Labute approximate surface area is 180 Å². The van der Waals surface area contributed by atoms with Gasteiger partial charge >= 0.3 is 0 Å². The van der Waals surface area contributed by atoms with Gasteiger partial charge in [0.25, 0.3) is 0 Å². The molecule has 0 radical (unpaired) electrons. The Morgan fingerprint density at radius 2 is 2.00 bits per heavy atom. The molecule has 0 atom stereocenters. The second-order valence-corrected chi connectivity index (χ2v) is 6.93. The van der Waals surface area contributed by atoms with Crippen molar-refractivity contribution in [1.82, 2.24) is 19.6 Å². The van der Waals surface area contributed by atoms with Gasteiger partial charge in [0.15, 0.2) is 11.5 Å². The van der Waals surface area contributed by atoms with E-state index in [1.165, 1.54) is 0 Å². The van der Waals surface area contributed by atoms with Crippen LogP contribution in [0.2, 0.25) is 0 Å². The molecule has 1 aliphatic heterocycles. The lowest BCUT2D eigenvalue weighted by molar-refractivity contribution is 0.122. The number of hydrogen-bond donors (Lipinski definition) is 2. The highest BCUT2D eigenvalue weighted by molar-refractivity contribution is 5.83. The van der Waals surface area contributed by atoms with Crippen LogP contribution in [0.25, 0.3) is 16.9 Å². The lowest BCUT2D eigenvalue weighted by Crippen LogP contribution is -2.37. The lowest BCUT2D eigenvalue weighted by atomic mass is 10.2. The van der Waals surface area contributed by atoms with Crippen molar-refractivity contribution < 1.29 is 4.74 Å². The number of pyridine rings is 1. The van der Waals surface area contributed by atoms with Crippen molar-refractivity contribution in [1.29, 1.82) is 0 Å². The summed E-state index contributed by atoms with van der Waals surface area (Å²) in [4.78, 5) is 11.0. The largest absolute Gasteiger partial charge is 0.399 e. The lowest BCUT2D eigenvalue weighted by Gasteiger charge is -2.29. The average molecular weight is 416 g/mol. The maximum Gasteiger partial charge on any atom is 0.160 e. The van der Waals surface area contributed by atoms with E-state index in [0.29, 0.717) is 30.4 Å². The smallest absolute Gasteiger partial charge is 0.160 e. The predicted octanol–water partition coefficient (Wildman–Crippen LogP) is 2.61. The molecule has 3 aromatic heterocycles. The third kappa shape index (κ3) is 4.78. The van der Waals surface area contributed by atoms with Crippen LogP contribution in [0.15, 0.2) is 78.3 Å². The Morgan fingerprint density at radius 1 is 1.23 bits per heavy atom. The minimum Gasteiger partial charge on any atom is -0.399 e. The molecule has 0 spiro atoms. The molecule has 0 aliphatic carbocycles. The van der Waals surface area contributed by atoms with E-state index in [1.54, 1.807) is 30.8 Å². The number of hydrogen-bond acceptors (Lipinski definition) is 8. The Hall–Kier alpha value is -3.98. The number of aromatic nitrogens is 4. The summed E-state index contributed by atoms with van der Waals surface area (Å²) < 4.78 is 7.36. The average Bonchev–Trinajstić information content (AvgIpc) is 3.23. The first-order valence-electron chi connectivity index (χ1n) is 9.85. The van der Waals surface area contributed by atoms with E-state index < -0.39 is 0 Å². The van der Waals surface area contributed by atoms with Crippen LogP contribution in [0, 0.1) is 0 Å². The fourth-order valence-electron chi connectivity index (χ4n) is 3.23. The molecule has 0 saturated carbocycles. The van der Waals surface area contributed by atoms with Gasteiger partial charge in [-0.05, 0) is 23.8 Å². The van der Waals surface area contributed by atoms with Gasteiger partial charge in [-0.15, -0.1) is 0 Å². The molecule has 4 rings (SSSR count). The number of fused-ring (bicyclic) bond motifs is 1. The summed E-state index contributed by atoms with van der Waals surface area (Å²) in [6.07, 6.45) is 8.45. The summed E-state index contributed by atoms with van der Waals surface area (Å²) in [6, 6.07) is 7.72. The summed E-state index contributed by atoms with van der Waals surface area (Å²) in [5.74, 6) is 1.52. The van der Waals surface area contributed by atoms with E-state index in [0.717, 1.165) is 35.7 Å². The van der Waals surface area contributed by atoms with Crippen LogP contribution in [0.4, 0.5) is 11.6 Å². The molecule has 31 heavy (non-hydrogen) atoms. The van der Waals surface area contributed by atoms with Crippen molar-refractivity contribution in [3.05, 3.63) is 73.2 Å². The molecule has 158 valence electrons. The first-order valence-corrected chi connectivity index (χ1v) is 9.85. The Morgan fingerprint density at radius 3 is 2.71 bits per heavy atom. The molecule has 9 heteroatoms. The maximum atomic E-state index is 5.62. The summed E-state index contributed by atoms with van der Waals surface area (Å²) in [5, 5.41) is 9.05. The van der Waals surface area contributed by atoms with E-state index >= 15 is 0 Å². The highest BCUT2D eigenvalue weighted by atomic mass is 16.5. The van der Waals surface area contributed by atoms with Gasteiger partial charge in [-0.25, -0.2) is 4.98 Å². The molecule has 1 aliphatic rings. The van der Waals surface area contributed by atoms with Crippen LogP contribution < -0.4 is 16.1 Å². The third-order valence-electron chi connectivity index (χ3n) is 4.70. The number of rotatable bonds is 7. The van der Waals surface area contributed by atoms with Crippen molar-refractivity contribution in [2.24, 2.45) is 10.8 Å². The molecule has 3 aromatic rings. The van der Waals surface area contributed by atoms with Gasteiger partial charge in [-0.1, -0.05) is 19.2 Å². The van der Waals surface area contributed by atoms with E-state index in [1.807, 2.05) is 28.8 Å². The standard InChI is InChI=1S/C22H24N8O/c1-3-17(12-16(2)23)15-25-27-20-14-22(29-8-10-31-11-9-29)30-21(26-20)13-19(28-30)18-4-6-24-7-5-18/h3-7,12-15H,1-2,8-11,23H2,(H,26,27)/b17-12+,25-15+. The fraction of sp³-hybridized carbons (Fsp3) is 0.182. The minimum absolute atomic E-state index is 0.429. The maximum absolute atomic E-state index is 5.62. The number of allylic oxidation sites excluding steroid dienone is 3. The van der Waals surface area contributed by atoms with Gasteiger partial charge in [0.2, 0.25) is 0 Å². The topological polar surface area (TPSA) is 106 Å². The molecule has 9 nitrogen and oxygen atoms in total. The number of ether oxygens (including phenoxy) is 1. The van der Waals surface area contributed by atoms with Crippen LogP contribution in [-0.2, 0) is 4.74 Å². The van der Waals surface area contributed by atoms with Gasteiger partial charge < -0.3 is 15.4 Å². The zero-order valence-corrected chi connectivity index (χ0v) is 17.1. The molecule has 1 saturated heterocycles. The van der Waals surface area contributed by atoms with Crippen LogP contribution in [-0.4, -0.2) is 52.1 Å². The molecule has 4 heterocycles. The highest BCUT2D eigenvalue weighted by Gasteiger charge is 2.18. The predicted molar refractivity (Wildman–Crippen MR) is 123 cm³/mol. The number of morpholine rings is 1. The molecule has 0 unspecified atom stereocenters. The Kier molecular flexibility index (Phi) is 6.04. The second-order valence-electron chi connectivity index (χ2n) is 6.93. The van der Waals surface area contributed by atoms with Crippen LogP contribution >= 0.6 is 0 Å². The molecule has 1 fully saturated rings. The summed E-state index contributed by atoms with van der Waals surface area (Å²) in [5.41, 5.74) is 12.3. The summed E-state index contributed by atoms with van der Waals surface area (Å²) in [7, 11) is 0. The van der Waals surface area contributed by atoms with Gasteiger partial charge in [0.1, 0.15) is 5.82 Å². The van der Waals surface area contributed by atoms with Gasteiger partial charge in [0, 0.05) is 48.9 Å². The van der Waals surface area contributed by atoms with E-state index in [4.69, 9.17) is 15.6 Å². The first kappa shape index (κ1) is 20.3. The molecular weight excluding hydrogens is 392 g/mol. The van der Waals surface area contributed by atoms with Crippen molar-refractivity contribution in [2.75, 3.05) is 36.6 Å². The number of nitrogens with two attached hydrogens (primary N) is 1. The molecular formula is C22H24N8O.